The average molecular weight is 967 g/mol. The molecule has 1 rings (SSSR count). The number of phosphoric ester groups is 6. The van der Waals surface area contributed by atoms with Gasteiger partial charge in [-0.2, -0.15) is 13.9 Å². The van der Waals surface area contributed by atoms with Crippen LogP contribution >= 0.6 is 54.9 Å². The summed E-state index contributed by atoms with van der Waals surface area (Å²) in [6.07, 6.45) is 0.151. The third kappa shape index (κ3) is 27.0. The Balaban J connectivity index is 3.22. The van der Waals surface area contributed by atoms with Crippen LogP contribution in [-0.2, 0) is 86.2 Å². The monoisotopic (exact) mass is 967 g/mol. The molecule has 0 aromatic rings. The smallest absolute Gasteiger partial charge is 0.396 e. The molecule has 0 aromatic carbocycles. The molecular weight excluding hydrogens is 917 g/mol. The highest BCUT2D eigenvalue weighted by Crippen LogP contribution is 2.64. The van der Waals surface area contributed by atoms with Gasteiger partial charge in [0.25, 0.3) is 0 Å². The van der Waals surface area contributed by atoms with E-state index in [2.05, 4.69) is 36.2 Å². The Hall–Kier alpha value is 0.930. The molecule has 0 spiro atoms. The molecule has 56 heavy (non-hydrogen) atoms. The van der Waals surface area contributed by atoms with Crippen LogP contribution in [0.5, 0.6) is 0 Å². The van der Waals surface area contributed by atoms with Crippen LogP contribution in [0.25, 0.3) is 0 Å². The van der Waals surface area contributed by atoms with Gasteiger partial charge < -0.3 is 39.4 Å². The molecule has 0 amide bonds. The number of phosphoric acid groups is 6. The highest BCUT2D eigenvalue weighted by atomic mass is 31.2. The predicted octanol–water partition coefficient (Wildman–Crippen LogP) is 2.12. The van der Waals surface area contributed by atoms with Crippen LogP contribution in [0, 0.1) is 5.92 Å². The number of hydrogen-bond acceptors (Lipinski definition) is 21. The summed E-state index contributed by atoms with van der Waals surface area (Å²) in [5.41, 5.74) is -1.04. The molecule has 8 atom stereocenters. The zero-order valence-electron chi connectivity index (χ0n) is 29.8. The minimum absolute atomic E-state index is 0.0159. The SMILES string of the molecule is CCCC1CC(COP(=O)(O)O)COP(=O)(O)OCCOP(=O)(O)OCCOP(=O)(O)OCCOP(=O)(O)OCCOP(=O)(O)OCCO[P+]1(O)OCCCO. The van der Waals surface area contributed by atoms with Crippen LogP contribution in [0.3, 0.4) is 0 Å². The first-order valence-electron chi connectivity index (χ1n) is 16.1. The van der Waals surface area contributed by atoms with Crippen molar-refractivity contribution in [2.24, 2.45) is 5.92 Å². The zero-order chi connectivity index (χ0) is 42.6. The average Bonchev–Trinajstić information content (AvgIpc) is 3.08. The van der Waals surface area contributed by atoms with E-state index in [1.54, 1.807) is 6.92 Å². The van der Waals surface area contributed by atoms with Gasteiger partial charge in [0.05, 0.1) is 79.3 Å². The van der Waals surface area contributed by atoms with Crippen molar-refractivity contribution in [1.29, 1.82) is 0 Å². The first-order valence-corrected chi connectivity index (χ1v) is 26.8. The van der Waals surface area contributed by atoms with E-state index >= 15 is 0 Å². The van der Waals surface area contributed by atoms with Gasteiger partial charge in [-0.15, -0.1) is 0 Å². The molecule has 0 aliphatic carbocycles. The Bertz CT molecular complexity index is 1410. The van der Waals surface area contributed by atoms with Gasteiger partial charge in [0, 0.05) is 12.5 Å². The van der Waals surface area contributed by atoms with Gasteiger partial charge in [0.1, 0.15) is 6.61 Å². The van der Waals surface area contributed by atoms with Crippen molar-refractivity contribution in [2.75, 3.05) is 92.5 Å². The summed E-state index contributed by atoms with van der Waals surface area (Å²) >= 11 is 0. The fraction of sp³-hybridized carbons (Fsp3) is 1.00. The van der Waals surface area contributed by atoms with Crippen LogP contribution in [-0.4, -0.2) is 142 Å². The van der Waals surface area contributed by atoms with Gasteiger partial charge in [-0.05, 0) is 19.3 Å². The van der Waals surface area contributed by atoms with E-state index < -0.39 is 146 Å². The predicted molar refractivity (Wildman–Crippen MR) is 186 cm³/mol. The molecule has 1 aliphatic rings. The van der Waals surface area contributed by atoms with Gasteiger partial charge in [-0.3, -0.25) is 49.8 Å². The number of hydrogen-bond donors (Lipinski definition) is 9. The van der Waals surface area contributed by atoms with Crippen molar-refractivity contribution < 1.29 is 130 Å². The Morgan fingerprint density at radius 1 is 0.643 bits per heavy atom. The quantitative estimate of drug-likeness (QED) is 0.118. The van der Waals surface area contributed by atoms with Crippen molar-refractivity contribution in [3.05, 3.63) is 0 Å². The van der Waals surface area contributed by atoms with Crippen molar-refractivity contribution in [3.63, 3.8) is 0 Å². The fourth-order valence-corrected chi connectivity index (χ4v) is 10.3. The molecule has 336 valence electrons. The van der Waals surface area contributed by atoms with Crippen molar-refractivity contribution in [1.82, 2.24) is 0 Å². The maximum Gasteiger partial charge on any atom is 0.472 e. The maximum atomic E-state index is 12.6. The normalized spacial score (nSPS) is 37.6. The molecule has 28 nitrogen and oxygen atoms in total. The Kier molecular flexibility index (Phi) is 25.9. The van der Waals surface area contributed by atoms with Crippen LogP contribution in [0.2, 0.25) is 0 Å². The molecule has 0 bridgehead atoms. The van der Waals surface area contributed by atoms with Crippen molar-refractivity contribution >= 4 is 54.9 Å². The van der Waals surface area contributed by atoms with E-state index in [1.807, 2.05) is 0 Å². The first kappa shape index (κ1) is 54.9. The van der Waals surface area contributed by atoms with Gasteiger partial charge >= 0.3 is 54.9 Å². The molecule has 35 heteroatoms. The maximum absolute atomic E-state index is 12.6. The highest BCUT2D eigenvalue weighted by molar-refractivity contribution is 7.61. The number of aliphatic hydroxyl groups is 1. The summed E-state index contributed by atoms with van der Waals surface area (Å²) in [4.78, 5) is 79.5. The van der Waals surface area contributed by atoms with Crippen LogP contribution in [0.15, 0.2) is 0 Å². The van der Waals surface area contributed by atoms with Gasteiger partial charge in [-0.25, -0.2) is 27.4 Å². The number of aliphatic hydroxyl groups excluding tert-OH is 1. The Morgan fingerprint density at radius 2 is 1.00 bits per heavy atom. The molecule has 0 radical (unpaired) electrons. The van der Waals surface area contributed by atoms with E-state index in [-0.39, 0.29) is 32.5 Å². The summed E-state index contributed by atoms with van der Waals surface area (Å²) in [5.74, 6) is -1.20. The molecule has 9 N–H and O–H groups in total. The second-order valence-electron chi connectivity index (χ2n) is 10.8. The molecule has 1 aliphatic heterocycles. The first-order chi connectivity index (χ1) is 25.8. The lowest BCUT2D eigenvalue weighted by Gasteiger charge is -2.28. The minimum Gasteiger partial charge on any atom is -0.396 e. The lowest BCUT2D eigenvalue weighted by atomic mass is 10.0. The topological polar surface area (TPSA) is 404 Å². The standard InChI is InChI=1S/C21H49O28P7/c1-2-4-21-17-20(18-48-51(24,25)26)19-49-56(35,36)47-16-15-46-55(33,34)45-14-13-44-54(31,32)43-12-11-42-53(29,30)41-10-9-40-52(27,28)39-8-7-38-50(21,23)37-6-3-5-22/h20-23H,2-19H2,1H3,(H6-,24,25,26,27,28,29,30,31,32,33,34,35,36)/p+1. The van der Waals surface area contributed by atoms with E-state index in [0.717, 1.165) is 0 Å². The summed E-state index contributed by atoms with van der Waals surface area (Å²) in [6.45, 7) is -8.53. The lowest BCUT2D eigenvalue weighted by Crippen LogP contribution is -2.27. The summed E-state index contributed by atoms with van der Waals surface area (Å²) in [7, 11) is -33.7. The Morgan fingerprint density at radius 3 is 1.34 bits per heavy atom. The molecule has 0 aromatic heterocycles. The molecule has 1 saturated heterocycles. The van der Waals surface area contributed by atoms with E-state index in [9.17, 15) is 71.6 Å². The summed E-state index contributed by atoms with van der Waals surface area (Å²) in [6, 6.07) is 0. The Labute approximate surface area is 321 Å². The van der Waals surface area contributed by atoms with Crippen LogP contribution in [0.4, 0.5) is 0 Å². The highest BCUT2D eigenvalue weighted by Gasteiger charge is 2.51. The van der Waals surface area contributed by atoms with E-state index in [1.165, 1.54) is 0 Å². The third-order valence-corrected chi connectivity index (χ3v) is 14.2. The molecular formula is C21H50O28P7+. The van der Waals surface area contributed by atoms with E-state index in [0.29, 0.717) is 6.42 Å². The van der Waals surface area contributed by atoms with Crippen molar-refractivity contribution in [2.45, 2.75) is 38.3 Å². The minimum atomic E-state index is -5.12. The fourth-order valence-electron chi connectivity index (χ4n) is 3.95. The van der Waals surface area contributed by atoms with Gasteiger partial charge in [0.15, 0.2) is 5.66 Å². The summed E-state index contributed by atoms with van der Waals surface area (Å²) < 4.78 is 134. The molecule has 1 heterocycles. The third-order valence-electron chi connectivity index (χ3n) is 6.20. The van der Waals surface area contributed by atoms with E-state index in [4.69, 9.17) is 22.6 Å². The van der Waals surface area contributed by atoms with Crippen LogP contribution in [0.1, 0.15) is 32.6 Å². The van der Waals surface area contributed by atoms with Crippen LogP contribution < -0.4 is 0 Å². The largest absolute Gasteiger partial charge is 0.472 e. The van der Waals surface area contributed by atoms with Gasteiger partial charge in [0.2, 0.25) is 0 Å². The van der Waals surface area contributed by atoms with Gasteiger partial charge in [-0.1, -0.05) is 13.3 Å². The number of rotatable bonds is 9. The second kappa shape index (κ2) is 26.4. The lowest BCUT2D eigenvalue weighted by molar-refractivity contribution is 0.0729. The molecule has 0 saturated carbocycles. The molecule has 1 fully saturated rings. The molecule has 8 unspecified atom stereocenters. The van der Waals surface area contributed by atoms with Crippen molar-refractivity contribution in [3.8, 4) is 0 Å². The second-order valence-corrected chi connectivity index (χ2v) is 21.7. The zero-order valence-corrected chi connectivity index (χ0v) is 36.1. The summed E-state index contributed by atoms with van der Waals surface area (Å²) in [5, 5.41) is 9.23.